The standard InChI is InChI=1S/C14H20BrN3O2/c1-14(2,3)20-13(19)17-10-5-7-18(9-10)12-4-6-16-8-11(12)15/h4,6,8,10H,5,7,9H2,1-3H3,(H,17,19)/t10-/m1/s1. The number of nitrogens with one attached hydrogen (secondary N) is 1. The van der Waals surface area contributed by atoms with Crippen molar-refractivity contribution in [3.05, 3.63) is 22.9 Å². The van der Waals surface area contributed by atoms with Gasteiger partial charge in [-0.1, -0.05) is 0 Å². The maximum absolute atomic E-state index is 11.8. The summed E-state index contributed by atoms with van der Waals surface area (Å²) in [7, 11) is 0. The Hall–Kier alpha value is -1.30. The summed E-state index contributed by atoms with van der Waals surface area (Å²) in [6, 6.07) is 2.09. The zero-order valence-electron chi connectivity index (χ0n) is 12.0. The van der Waals surface area contributed by atoms with E-state index in [9.17, 15) is 4.79 Å². The van der Waals surface area contributed by atoms with Gasteiger partial charge in [0.05, 0.1) is 16.2 Å². The van der Waals surface area contributed by atoms with Gasteiger partial charge in [-0.05, 0) is 49.2 Å². The zero-order chi connectivity index (χ0) is 14.8. The van der Waals surface area contributed by atoms with E-state index in [4.69, 9.17) is 4.74 Å². The van der Waals surface area contributed by atoms with E-state index in [0.29, 0.717) is 0 Å². The summed E-state index contributed by atoms with van der Waals surface area (Å²) in [5.74, 6) is 0. The SMILES string of the molecule is CC(C)(C)OC(=O)N[C@@H]1CCN(c2ccncc2Br)C1. The van der Waals surface area contributed by atoms with Crippen LogP contribution in [0.15, 0.2) is 22.9 Å². The van der Waals surface area contributed by atoms with Crippen LogP contribution in [0.25, 0.3) is 0 Å². The minimum Gasteiger partial charge on any atom is -0.444 e. The van der Waals surface area contributed by atoms with E-state index in [2.05, 4.69) is 31.1 Å². The van der Waals surface area contributed by atoms with Crippen LogP contribution in [0.4, 0.5) is 10.5 Å². The van der Waals surface area contributed by atoms with Crippen LogP contribution in [-0.4, -0.2) is 35.8 Å². The number of alkyl carbamates (subject to hydrolysis) is 1. The third kappa shape index (κ3) is 4.10. The smallest absolute Gasteiger partial charge is 0.407 e. The number of nitrogens with zero attached hydrogens (tertiary/aromatic N) is 2. The molecule has 1 aromatic heterocycles. The van der Waals surface area contributed by atoms with E-state index in [1.54, 1.807) is 12.4 Å². The maximum atomic E-state index is 11.8. The van der Waals surface area contributed by atoms with E-state index in [1.807, 2.05) is 26.8 Å². The molecule has 6 heteroatoms. The van der Waals surface area contributed by atoms with E-state index in [0.717, 1.165) is 29.7 Å². The lowest BCUT2D eigenvalue weighted by molar-refractivity contribution is 0.0509. The van der Waals surface area contributed by atoms with Gasteiger partial charge in [0.2, 0.25) is 0 Å². The number of hydrogen-bond acceptors (Lipinski definition) is 4. The largest absolute Gasteiger partial charge is 0.444 e. The van der Waals surface area contributed by atoms with Crippen molar-refractivity contribution in [2.75, 3.05) is 18.0 Å². The van der Waals surface area contributed by atoms with Crippen molar-refractivity contribution >= 4 is 27.7 Å². The number of carbonyl (C=O) groups is 1. The van der Waals surface area contributed by atoms with Gasteiger partial charge in [0, 0.05) is 25.5 Å². The first-order chi connectivity index (χ1) is 9.35. The molecule has 0 unspecified atom stereocenters. The van der Waals surface area contributed by atoms with Crippen molar-refractivity contribution in [1.29, 1.82) is 0 Å². The molecule has 0 spiro atoms. The number of pyridine rings is 1. The third-order valence-electron chi connectivity index (χ3n) is 3.00. The third-order valence-corrected chi connectivity index (χ3v) is 3.61. The highest BCUT2D eigenvalue weighted by Gasteiger charge is 2.27. The van der Waals surface area contributed by atoms with E-state index in [-0.39, 0.29) is 12.1 Å². The van der Waals surface area contributed by atoms with Gasteiger partial charge in [-0.15, -0.1) is 0 Å². The predicted octanol–water partition coefficient (Wildman–Crippen LogP) is 2.95. The van der Waals surface area contributed by atoms with Gasteiger partial charge in [0.25, 0.3) is 0 Å². The first-order valence-corrected chi connectivity index (χ1v) is 7.48. The molecule has 1 atom stereocenters. The van der Waals surface area contributed by atoms with Gasteiger partial charge in [-0.3, -0.25) is 4.98 Å². The Morgan fingerprint density at radius 2 is 2.30 bits per heavy atom. The van der Waals surface area contributed by atoms with Crippen LogP contribution in [0.2, 0.25) is 0 Å². The number of halogens is 1. The molecule has 1 aliphatic rings. The first kappa shape index (κ1) is 15.1. The van der Waals surface area contributed by atoms with Crippen LogP contribution in [-0.2, 0) is 4.74 Å². The van der Waals surface area contributed by atoms with Crippen LogP contribution < -0.4 is 10.2 Å². The summed E-state index contributed by atoms with van der Waals surface area (Å²) in [4.78, 5) is 18.0. The minimum absolute atomic E-state index is 0.116. The summed E-state index contributed by atoms with van der Waals surface area (Å²) in [5, 5.41) is 2.92. The molecule has 0 aromatic carbocycles. The second-order valence-corrected chi connectivity index (χ2v) is 6.76. The molecule has 1 aromatic rings. The zero-order valence-corrected chi connectivity index (χ0v) is 13.6. The van der Waals surface area contributed by atoms with Crippen LogP contribution >= 0.6 is 15.9 Å². The second-order valence-electron chi connectivity index (χ2n) is 5.90. The Morgan fingerprint density at radius 1 is 1.55 bits per heavy atom. The molecule has 2 heterocycles. The van der Waals surface area contributed by atoms with Gasteiger partial charge < -0.3 is 15.0 Å². The molecule has 1 amide bonds. The number of ether oxygens (including phenoxy) is 1. The molecule has 0 bridgehead atoms. The van der Waals surface area contributed by atoms with Gasteiger partial charge >= 0.3 is 6.09 Å². The van der Waals surface area contributed by atoms with Gasteiger partial charge in [0.1, 0.15) is 5.60 Å². The van der Waals surface area contributed by atoms with Gasteiger partial charge in [0.15, 0.2) is 0 Å². The molecule has 0 saturated carbocycles. The monoisotopic (exact) mass is 341 g/mol. The number of aromatic nitrogens is 1. The Kier molecular flexibility index (Phi) is 4.52. The van der Waals surface area contributed by atoms with Crippen LogP contribution in [0, 0.1) is 0 Å². The Labute approximate surface area is 127 Å². The molecular weight excluding hydrogens is 322 g/mol. The van der Waals surface area contributed by atoms with E-state index < -0.39 is 5.60 Å². The summed E-state index contributed by atoms with van der Waals surface area (Å²) in [5.41, 5.74) is 0.643. The molecule has 2 rings (SSSR count). The average Bonchev–Trinajstić information content (AvgIpc) is 2.75. The summed E-state index contributed by atoms with van der Waals surface area (Å²) in [6.45, 7) is 7.27. The average molecular weight is 342 g/mol. The van der Waals surface area contributed by atoms with Crippen molar-refractivity contribution in [2.24, 2.45) is 0 Å². The second kappa shape index (κ2) is 5.99. The fourth-order valence-electron chi connectivity index (χ4n) is 2.20. The Balaban J connectivity index is 1.90. The minimum atomic E-state index is -0.462. The Bertz CT molecular complexity index is 488. The van der Waals surface area contributed by atoms with Crippen molar-refractivity contribution in [3.63, 3.8) is 0 Å². The predicted molar refractivity (Wildman–Crippen MR) is 81.9 cm³/mol. The number of rotatable bonds is 2. The number of anilines is 1. The van der Waals surface area contributed by atoms with Crippen molar-refractivity contribution in [2.45, 2.75) is 38.8 Å². The number of amides is 1. The van der Waals surface area contributed by atoms with Crippen LogP contribution in [0.1, 0.15) is 27.2 Å². The molecule has 0 radical (unpaired) electrons. The molecule has 1 fully saturated rings. The van der Waals surface area contributed by atoms with Gasteiger partial charge in [-0.25, -0.2) is 4.79 Å². The number of carbonyl (C=O) groups excluding carboxylic acids is 1. The Morgan fingerprint density at radius 3 is 2.95 bits per heavy atom. The number of hydrogen-bond donors (Lipinski definition) is 1. The molecule has 1 N–H and O–H groups in total. The fourth-order valence-corrected chi connectivity index (χ4v) is 2.70. The van der Waals surface area contributed by atoms with E-state index >= 15 is 0 Å². The molecule has 110 valence electrons. The highest BCUT2D eigenvalue weighted by molar-refractivity contribution is 9.10. The highest BCUT2D eigenvalue weighted by atomic mass is 79.9. The molecule has 1 saturated heterocycles. The highest BCUT2D eigenvalue weighted by Crippen LogP contribution is 2.27. The molecule has 20 heavy (non-hydrogen) atoms. The lowest BCUT2D eigenvalue weighted by atomic mass is 10.2. The topological polar surface area (TPSA) is 54.5 Å². The normalized spacial score (nSPS) is 19.0. The lowest BCUT2D eigenvalue weighted by Crippen LogP contribution is -2.40. The van der Waals surface area contributed by atoms with E-state index in [1.165, 1.54) is 0 Å². The summed E-state index contributed by atoms with van der Waals surface area (Å²) >= 11 is 3.50. The fraction of sp³-hybridized carbons (Fsp3) is 0.571. The molecular formula is C14H20BrN3O2. The van der Waals surface area contributed by atoms with Crippen LogP contribution in [0.5, 0.6) is 0 Å². The summed E-state index contributed by atoms with van der Waals surface area (Å²) in [6.07, 6.45) is 4.12. The van der Waals surface area contributed by atoms with Crippen LogP contribution in [0.3, 0.4) is 0 Å². The summed E-state index contributed by atoms with van der Waals surface area (Å²) < 4.78 is 6.25. The van der Waals surface area contributed by atoms with Crippen molar-refractivity contribution < 1.29 is 9.53 Å². The molecule has 5 nitrogen and oxygen atoms in total. The quantitative estimate of drug-likeness (QED) is 0.898. The lowest BCUT2D eigenvalue weighted by Gasteiger charge is -2.22. The molecule has 0 aliphatic carbocycles. The van der Waals surface area contributed by atoms with Crippen molar-refractivity contribution in [1.82, 2.24) is 10.3 Å². The maximum Gasteiger partial charge on any atom is 0.407 e. The first-order valence-electron chi connectivity index (χ1n) is 6.69. The molecule has 1 aliphatic heterocycles. The van der Waals surface area contributed by atoms with Crippen molar-refractivity contribution in [3.8, 4) is 0 Å². The van der Waals surface area contributed by atoms with Gasteiger partial charge in [-0.2, -0.15) is 0 Å².